The van der Waals surface area contributed by atoms with E-state index in [0.717, 1.165) is 16.7 Å². The van der Waals surface area contributed by atoms with Gasteiger partial charge in [-0.3, -0.25) is 4.79 Å². The van der Waals surface area contributed by atoms with Crippen LogP contribution in [0.1, 0.15) is 34.8 Å². The van der Waals surface area contributed by atoms with E-state index in [9.17, 15) is 14.7 Å². The quantitative estimate of drug-likeness (QED) is 0.372. The summed E-state index contributed by atoms with van der Waals surface area (Å²) in [5.41, 5.74) is 3.49. The summed E-state index contributed by atoms with van der Waals surface area (Å²) in [5, 5.41) is 19.4. The summed E-state index contributed by atoms with van der Waals surface area (Å²) in [6, 6.07) is 21.8. The van der Waals surface area contributed by atoms with Crippen LogP contribution in [0.4, 0.5) is 0 Å². The highest BCUT2D eigenvalue weighted by atomic mass is 35.5. The molecule has 0 radical (unpaired) electrons. The number of nitrogens with zero attached hydrogens (tertiary/aromatic N) is 1. The van der Waals surface area contributed by atoms with Crippen LogP contribution in [0.3, 0.4) is 0 Å². The molecular formula is C27H24ClNO5. The lowest BCUT2D eigenvalue weighted by atomic mass is 9.98. The zero-order valence-corrected chi connectivity index (χ0v) is 19.4. The molecule has 1 unspecified atom stereocenters. The summed E-state index contributed by atoms with van der Waals surface area (Å²) >= 11 is 5.94. The smallest absolute Gasteiger partial charge is 0.341 e. The molecule has 7 heteroatoms. The Balaban J connectivity index is 1.64. The van der Waals surface area contributed by atoms with E-state index in [4.69, 9.17) is 26.3 Å². The van der Waals surface area contributed by atoms with Gasteiger partial charge in [0.2, 0.25) is 0 Å². The Hall–Kier alpha value is -3.82. The Bertz CT molecular complexity index is 1180. The molecule has 0 aliphatic heterocycles. The van der Waals surface area contributed by atoms with E-state index >= 15 is 0 Å². The van der Waals surface area contributed by atoms with Crippen LogP contribution in [0.5, 0.6) is 5.75 Å². The molecule has 1 N–H and O–H groups in total. The second-order valence-corrected chi connectivity index (χ2v) is 8.07. The lowest BCUT2D eigenvalue weighted by Gasteiger charge is -2.16. The number of carboxylic acid groups (broad SMARTS) is 1. The first-order chi connectivity index (χ1) is 16.4. The Labute approximate surface area is 203 Å². The molecular weight excluding hydrogens is 454 g/mol. The average Bonchev–Trinajstić information content (AvgIpc) is 2.85. The number of aliphatic carboxylic acids is 1. The number of halogens is 1. The Morgan fingerprint density at radius 2 is 1.68 bits per heavy atom. The topological polar surface area (TPSA) is 96.6 Å². The van der Waals surface area contributed by atoms with Gasteiger partial charge in [-0.15, -0.1) is 0 Å². The molecule has 0 saturated carbocycles. The van der Waals surface area contributed by atoms with Gasteiger partial charge in [0, 0.05) is 5.02 Å². The Kier molecular flexibility index (Phi) is 8.66. The molecule has 3 aromatic rings. The SMILES string of the molecule is CCOC(=O)c1cc(C#N)ccc1OCC(CCc1ccc(-c2ccc(Cl)cc2)cc1)C(=O)O. The number of hydrogen-bond donors (Lipinski definition) is 1. The van der Waals surface area contributed by atoms with Crippen LogP contribution in [0.2, 0.25) is 5.02 Å². The molecule has 0 heterocycles. The number of ether oxygens (including phenoxy) is 2. The summed E-state index contributed by atoms with van der Waals surface area (Å²) < 4.78 is 10.7. The van der Waals surface area contributed by atoms with Gasteiger partial charge in [-0.1, -0.05) is 48.0 Å². The number of rotatable bonds is 10. The van der Waals surface area contributed by atoms with E-state index in [-0.39, 0.29) is 30.1 Å². The van der Waals surface area contributed by atoms with Gasteiger partial charge in [-0.25, -0.2) is 4.79 Å². The number of carbonyl (C=O) groups is 2. The number of esters is 1. The second kappa shape index (κ2) is 11.9. The van der Waals surface area contributed by atoms with Crippen LogP contribution >= 0.6 is 11.6 Å². The predicted molar refractivity (Wildman–Crippen MR) is 129 cm³/mol. The van der Waals surface area contributed by atoms with E-state index in [0.29, 0.717) is 17.9 Å². The van der Waals surface area contributed by atoms with Crippen molar-refractivity contribution in [3.05, 3.63) is 88.4 Å². The van der Waals surface area contributed by atoms with E-state index in [1.807, 2.05) is 54.6 Å². The minimum atomic E-state index is -0.982. The molecule has 0 spiro atoms. The largest absolute Gasteiger partial charge is 0.492 e. The summed E-state index contributed by atoms with van der Waals surface area (Å²) in [6.07, 6.45) is 0.917. The highest BCUT2D eigenvalue weighted by Crippen LogP contribution is 2.24. The minimum absolute atomic E-state index is 0.0998. The molecule has 6 nitrogen and oxygen atoms in total. The molecule has 0 fully saturated rings. The fourth-order valence-corrected chi connectivity index (χ4v) is 3.54. The Morgan fingerprint density at radius 1 is 1.03 bits per heavy atom. The maximum atomic E-state index is 12.2. The fraction of sp³-hybridized carbons (Fsp3) is 0.222. The molecule has 0 aromatic heterocycles. The number of benzene rings is 3. The predicted octanol–water partition coefficient (Wildman–Crippen LogP) is 5.77. The maximum Gasteiger partial charge on any atom is 0.341 e. The van der Waals surface area contributed by atoms with Crippen LogP contribution in [0.15, 0.2) is 66.7 Å². The van der Waals surface area contributed by atoms with Gasteiger partial charge in [0.1, 0.15) is 17.9 Å². The van der Waals surface area contributed by atoms with Gasteiger partial charge in [-0.05, 0) is 66.8 Å². The van der Waals surface area contributed by atoms with Crippen molar-refractivity contribution in [2.24, 2.45) is 5.92 Å². The molecule has 0 aliphatic rings. The average molecular weight is 478 g/mol. The third-order valence-electron chi connectivity index (χ3n) is 5.31. The lowest BCUT2D eigenvalue weighted by Crippen LogP contribution is -2.23. The molecule has 0 aliphatic carbocycles. The number of carbonyl (C=O) groups excluding carboxylic acids is 1. The molecule has 0 amide bonds. The summed E-state index contributed by atoms with van der Waals surface area (Å²) in [7, 11) is 0. The van der Waals surface area contributed by atoms with Crippen molar-refractivity contribution in [3.63, 3.8) is 0 Å². The highest BCUT2D eigenvalue weighted by molar-refractivity contribution is 6.30. The van der Waals surface area contributed by atoms with Gasteiger partial charge in [0.25, 0.3) is 0 Å². The molecule has 3 rings (SSSR count). The summed E-state index contributed by atoms with van der Waals surface area (Å²) in [5.74, 6) is -2.19. The Morgan fingerprint density at radius 3 is 2.26 bits per heavy atom. The maximum absolute atomic E-state index is 12.2. The molecule has 1 atom stereocenters. The summed E-state index contributed by atoms with van der Waals surface area (Å²) in [6.45, 7) is 1.73. The molecule has 174 valence electrons. The van der Waals surface area contributed by atoms with E-state index < -0.39 is 17.9 Å². The summed E-state index contributed by atoms with van der Waals surface area (Å²) in [4.78, 5) is 24.0. The molecule has 0 bridgehead atoms. The first-order valence-electron chi connectivity index (χ1n) is 10.8. The molecule has 0 saturated heterocycles. The number of hydrogen-bond acceptors (Lipinski definition) is 5. The molecule has 34 heavy (non-hydrogen) atoms. The van der Waals surface area contributed by atoms with Crippen molar-refractivity contribution in [3.8, 4) is 22.9 Å². The van der Waals surface area contributed by atoms with Crippen molar-refractivity contribution in [2.45, 2.75) is 19.8 Å². The van der Waals surface area contributed by atoms with E-state index in [2.05, 4.69) is 0 Å². The zero-order chi connectivity index (χ0) is 24.5. The van der Waals surface area contributed by atoms with E-state index in [1.165, 1.54) is 18.2 Å². The van der Waals surface area contributed by atoms with Crippen molar-refractivity contribution >= 4 is 23.5 Å². The van der Waals surface area contributed by atoms with Crippen LogP contribution in [0, 0.1) is 17.2 Å². The standard InChI is InChI=1S/C27H24ClNO5/c1-2-33-27(32)24-15-19(16-29)6-14-25(24)34-17-22(26(30)31)9-5-18-3-7-20(8-4-18)21-10-12-23(28)13-11-21/h3-4,6-8,10-15,22H,2,5,9,17H2,1H3,(H,30,31). The number of carboxylic acids is 1. The van der Waals surface area contributed by atoms with Gasteiger partial charge in [0.15, 0.2) is 0 Å². The van der Waals surface area contributed by atoms with Crippen LogP contribution in [0.25, 0.3) is 11.1 Å². The van der Waals surface area contributed by atoms with Gasteiger partial charge in [0.05, 0.1) is 24.2 Å². The fourth-order valence-electron chi connectivity index (χ4n) is 3.41. The number of aryl methyl sites for hydroxylation is 1. The lowest BCUT2D eigenvalue weighted by molar-refractivity contribution is -0.143. The first-order valence-corrected chi connectivity index (χ1v) is 11.2. The van der Waals surface area contributed by atoms with Gasteiger partial charge < -0.3 is 14.6 Å². The van der Waals surface area contributed by atoms with Crippen LogP contribution in [-0.4, -0.2) is 30.3 Å². The van der Waals surface area contributed by atoms with Gasteiger partial charge in [-0.2, -0.15) is 5.26 Å². The number of nitriles is 1. The minimum Gasteiger partial charge on any atom is -0.492 e. The van der Waals surface area contributed by atoms with Gasteiger partial charge >= 0.3 is 11.9 Å². The highest BCUT2D eigenvalue weighted by Gasteiger charge is 2.21. The second-order valence-electron chi connectivity index (χ2n) is 7.63. The monoisotopic (exact) mass is 477 g/mol. The normalized spacial score (nSPS) is 11.3. The van der Waals surface area contributed by atoms with Crippen molar-refractivity contribution in [2.75, 3.05) is 13.2 Å². The third-order valence-corrected chi connectivity index (χ3v) is 5.56. The van der Waals surface area contributed by atoms with Crippen molar-refractivity contribution in [1.29, 1.82) is 5.26 Å². The van der Waals surface area contributed by atoms with Crippen molar-refractivity contribution in [1.82, 2.24) is 0 Å². The first kappa shape index (κ1) is 24.8. The van der Waals surface area contributed by atoms with Crippen LogP contribution in [-0.2, 0) is 16.0 Å². The molecule has 3 aromatic carbocycles. The van der Waals surface area contributed by atoms with Crippen molar-refractivity contribution < 1.29 is 24.2 Å². The third kappa shape index (κ3) is 6.60. The zero-order valence-electron chi connectivity index (χ0n) is 18.7. The van der Waals surface area contributed by atoms with Crippen LogP contribution < -0.4 is 4.74 Å². The van der Waals surface area contributed by atoms with E-state index in [1.54, 1.807) is 6.92 Å².